The average molecular weight is 248 g/mol. The van der Waals surface area contributed by atoms with Crippen molar-refractivity contribution >= 4 is 23.2 Å². The lowest BCUT2D eigenvalue weighted by atomic mass is 10.2. The topological polar surface area (TPSA) is 49.3 Å². The van der Waals surface area contributed by atoms with E-state index < -0.39 is 0 Å². The van der Waals surface area contributed by atoms with E-state index in [0.29, 0.717) is 16.3 Å². The average Bonchev–Trinajstić information content (AvgIpc) is 2.32. The van der Waals surface area contributed by atoms with Crippen molar-refractivity contribution in [1.29, 1.82) is 0 Å². The van der Waals surface area contributed by atoms with Gasteiger partial charge in [0.15, 0.2) is 0 Å². The van der Waals surface area contributed by atoms with E-state index in [9.17, 15) is 9.90 Å². The van der Waals surface area contributed by atoms with Gasteiger partial charge in [-0.3, -0.25) is 4.79 Å². The minimum absolute atomic E-state index is 0.0212. The summed E-state index contributed by atoms with van der Waals surface area (Å²) in [5.41, 5.74) is 0.731. The number of halogens is 1. The smallest absolute Gasteiger partial charge is 0.257 e. The van der Waals surface area contributed by atoms with Crippen molar-refractivity contribution in [3.63, 3.8) is 0 Å². The first-order valence-electron chi connectivity index (χ1n) is 5.02. The molecule has 0 aromatic heterocycles. The summed E-state index contributed by atoms with van der Waals surface area (Å²) in [6.45, 7) is 0. The summed E-state index contributed by atoms with van der Waals surface area (Å²) in [5, 5.41) is 12.5. The molecule has 2 N–H and O–H groups in total. The van der Waals surface area contributed by atoms with E-state index in [1.165, 1.54) is 6.07 Å². The highest BCUT2D eigenvalue weighted by atomic mass is 35.5. The Morgan fingerprint density at radius 2 is 1.71 bits per heavy atom. The van der Waals surface area contributed by atoms with Crippen LogP contribution in [0, 0.1) is 0 Å². The summed E-state index contributed by atoms with van der Waals surface area (Å²) < 4.78 is 0. The molecule has 0 saturated carbocycles. The van der Waals surface area contributed by atoms with Gasteiger partial charge in [-0.05, 0) is 24.3 Å². The second kappa shape index (κ2) is 4.89. The fraction of sp³-hybridized carbons (Fsp3) is 0. The van der Waals surface area contributed by atoms with Crippen LogP contribution >= 0.6 is 11.6 Å². The molecule has 1 amide bonds. The molecule has 0 saturated heterocycles. The maximum absolute atomic E-state index is 11.9. The van der Waals surface area contributed by atoms with Crippen molar-refractivity contribution < 1.29 is 9.90 Å². The van der Waals surface area contributed by atoms with Gasteiger partial charge in [-0.15, -0.1) is 0 Å². The molecule has 0 unspecified atom stereocenters. The fourth-order valence-electron chi connectivity index (χ4n) is 1.41. The van der Waals surface area contributed by atoms with Gasteiger partial charge in [0.05, 0.1) is 16.3 Å². The van der Waals surface area contributed by atoms with E-state index in [1.54, 1.807) is 42.5 Å². The number of amides is 1. The Morgan fingerprint density at radius 1 is 1.06 bits per heavy atom. The summed E-state index contributed by atoms with van der Waals surface area (Å²) in [5.74, 6) is -0.329. The van der Waals surface area contributed by atoms with Crippen LogP contribution in [-0.2, 0) is 0 Å². The molecule has 0 fully saturated rings. The summed E-state index contributed by atoms with van der Waals surface area (Å²) in [6, 6.07) is 13.3. The number of carbonyl (C=O) groups is 1. The zero-order valence-corrected chi connectivity index (χ0v) is 9.61. The largest absolute Gasteiger partial charge is 0.506 e. The Labute approximate surface area is 104 Å². The fourth-order valence-corrected chi connectivity index (χ4v) is 1.64. The number of hydrogen-bond donors (Lipinski definition) is 2. The van der Waals surface area contributed by atoms with Crippen molar-refractivity contribution in [2.45, 2.75) is 0 Å². The molecule has 2 rings (SSSR count). The van der Waals surface area contributed by atoms with Crippen LogP contribution in [0.15, 0.2) is 48.5 Å². The molecule has 0 radical (unpaired) electrons. The molecule has 17 heavy (non-hydrogen) atoms. The van der Waals surface area contributed by atoms with Crippen LogP contribution in [0.5, 0.6) is 5.75 Å². The lowest BCUT2D eigenvalue weighted by Gasteiger charge is -2.07. The van der Waals surface area contributed by atoms with Crippen molar-refractivity contribution in [2.75, 3.05) is 5.32 Å². The number of hydrogen-bond acceptors (Lipinski definition) is 2. The number of rotatable bonds is 2. The number of benzene rings is 2. The number of nitrogens with one attached hydrogen (secondary N) is 1. The monoisotopic (exact) mass is 247 g/mol. The number of aromatic hydroxyl groups is 1. The quantitative estimate of drug-likeness (QED) is 0.800. The summed E-state index contributed by atoms with van der Waals surface area (Å²) in [4.78, 5) is 11.9. The van der Waals surface area contributed by atoms with E-state index in [2.05, 4.69) is 5.32 Å². The van der Waals surface area contributed by atoms with Gasteiger partial charge in [-0.1, -0.05) is 35.9 Å². The van der Waals surface area contributed by atoms with E-state index in [-0.39, 0.29) is 11.7 Å². The maximum Gasteiger partial charge on any atom is 0.257 e. The van der Waals surface area contributed by atoms with Crippen molar-refractivity contribution in [3.8, 4) is 5.75 Å². The SMILES string of the molecule is O=C(Nc1ccccc1O)c1ccccc1Cl. The highest BCUT2D eigenvalue weighted by Gasteiger charge is 2.11. The molecular weight excluding hydrogens is 238 g/mol. The van der Waals surface area contributed by atoms with Gasteiger partial charge in [0, 0.05) is 0 Å². The third-order valence-corrected chi connectivity index (χ3v) is 2.60. The number of phenols is 1. The minimum Gasteiger partial charge on any atom is -0.506 e. The van der Waals surface area contributed by atoms with Crippen LogP contribution in [0.4, 0.5) is 5.69 Å². The Kier molecular flexibility index (Phi) is 3.30. The lowest BCUT2D eigenvalue weighted by molar-refractivity contribution is 0.102. The van der Waals surface area contributed by atoms with Gasteiger partial charge >= 0.3 is 0 Å². The van der Waals surface area contributed by atoms with E-state index in [1.807, 2.05) is 0 Å². The van der Waals surface area contributed by atoms with Gasteiger partial charge in [-0.2, -0.15) is 0 Å². The molecule has 0 aliphatic carbocycles. The first kappa shape index (κ1) is 11.5. The summed E-state index contributed by atoms with van der Waals surface area (Å²) in [7, 11) is 0. The zero-order chi connectivity index (χ0) is 12.3. The molecule has 3 nitrogen and oxygen atoms in total. The standard InChI is InChI=1S/C13H10ClNO2/c14-10-6-2-1-5-9(10)13(17)15-11-7-3-4-8-12(11)16/h1-8,16H,(H,15,17). The van der Waals surface area contributed by atoms with Gasteiger partial charge in [0.1, 0.15) is 5.75 Å². The van der Waals surface area contributed by atoms with Crippen LogP contribution in [0.25, 0.3) is 0 Å². The highest BCUT2D eigenvalue weighted by Crippen LogP contribution is 2.23. The lowest BCUT2D eigenvalue weighted by Crippen LogP contribution is -2.12. The van der Waals surface area contributed by atoms with Crippen LogP contribution in [0.1, 0.15) is 10.4 Å². The predicted octanol–water partition coefficient (Wildman–Crippen LogP) is 3.30. The highest BCUT2D eigenvalue weighted by molar-refractivity contribution is 6.34. The molecule has 0 atom stereocenters. The van der Waals surface area contributed by atoms with Gasteiger partial charge in [-0.25, -0.2) is 0 Å². The first-order chi connectivity index (χ1) is 8.18. The third kappa shape index (κ3) is 2.57. The second-order valence-corrected chi connectivity index (χ2v) is 3.86. The van der Waals surface area contributed by atoms with E-state index in [0.717, 1.165) is 0 Å². The molecule has 86 valence electrons. The minimum atomic E-state index is -0.350. The normalized spacial score (nSPS) is 9.94. The first-order valence-corrected chi connectivity index (χ1v) is 5.40. The molecule has 0 aliphatic heterocycles. The maximum atomic E-state index is 11.9. The molecule has 0 spiro atoms. The van der Waals surface area contributed by atoms with Crippen molar-refractivity contribution in [1.82, 2.24) is 0 Å². The number of anilines is 1. The number of phenolic OH excluding ortho intramolecular Hbond substituents is 1. The van der Waals surface area contributed by atoms with Crippen LogP contribution in [-0.4, -0.2) is 11.0 Å². The Hall–Kier alpha value is -2.00. The van der Waals surface area contributed by atoms with Gasteiger partial charge in [0.25, 0.3) is 5.91 Å². The Balaban J connectivity index is 2.24. The molecule has 0 heterocycles. The second-order valence-electron chi connectivity index (χ2n) is 3.45. The molecule has 2 aromatic carbocycles. The number of para-hydroxylation sites is 2. The molecule has 4 heteroatoms. The molecule has 0 bridgehead atoms. The van der Waals surface area contributed by atoms with Crippen LogP contribution in [0.3, 0.4) is 0 Å². The molecule has 2 aromatic rings. The predicted molar refractivity (Wildman–Crippen MR) is 67.5 cm³/mol. The number of carbonyl (C=O) groups excluding carboxylic acids is 1. The third-order valence-electron chi connectivity index (χ3n) is 2.27. The van der Waals surface area contributed by atoms with Gasteiger partial charge in [0.2, 0.25) is 0 Å². The van der Waals surface area contributed by atoms with Crippen molar-refractivity contribution in [3.05, 3.63) is 59.1 Å². The zero-order valence-electron chi connectivity index (χ0n) is 8.85. The van der Waals surface area contributed by atoms with E-state index >= 15 is 0 Å². The van der Waals surface area contributed by atoms with Crippen LogP contribution in [0.2, 0.25) is 5.02 Å². The molecular formula is C13H10ClNO2. The Bertz CT molecular complexity index is 555. The van der Waals surface area contributed by atoms with E-state index in [4.69, 9.17) is 11.6 Å². The summed E-state index contributed by atoms with van der Waals surface area (Å²) >= 11 is 5.90. The van der Waals surface area contributed by atoms with Crippen LogP contribution < -0.4 is 5.32 Å². The van der Waals surface area contributed by atoms with Gasteiger partial charge < -0.3 is 10.4 Å². The molecule has 0 aliphatic rings. The summed E-state index contributed by atoms with van der Waals surface area (Å²) in [6.07, 6.45) is 0. The Morgan fingerprint density at radius 3 is 2.41 bits per heavy atom. The van der Waals surface area contributed by atoms with Crippen molar-refractivity contribution in [2.24, 2.45) is 0 Å².